The zero-order chi connectivity index (χ0) is 20.9. The lowest BCUT2D eigenvalue weighted by atomic mass is 10.1. The lowest BCUT2D eigenvalue weighted by molar-refractivity contribution is -0.384. The fraction of sp³-hybridized carbons (Fsp3) is 0.0455. The van der Waals surface area contributed by atoms with E-state index in [1.807, 2.05) is 30.3 Å². The molecule has 8 heteroatoms. The monoisotopic (exact) mass is 399 g/mol. The number of nitrogens with zero attached hydrogens (tertiary/aromatic N) is 4. The second-order valence-corrected chi connectivity index (χ2v) is 6.55. The van der Waals surface area contributed by atoms with Crippen molar-refractivity contribution in [3.63, 3.8) is 0 Å². The Morgan fingerprint density at radius 2 is 1.70 bits per heavy atom. The zero-order valence-electron chi connectivity index (χ0n) is 15.8. The molecule has 0 fully saturated rings. The van der Waals surface area contributed by atoms with Gasteiger partial charge >= 0.3 is 0 Å². The van der Waals surface area contributed by atoms with E-state index < -0.39 is 4.92 Å². The van der Waals surface area contributed by atoms with Gasteiger partial charge in [-0.2, -0.15) is 5.10 Å². The van der Waals surface area contributed by atoms with E-state index in [-0.39, 0.29) is 18.0 Å². The van der Waals surface area contributed by atoms with E-state index >= 15 is 0 Å². The molecule has 2 aromatic carbocycles. The van der Waals surface area contributed by atoms with Crippen molar-refractivity contribution in [3.8, 4) is 16.9 Å². The third-order valence-corrected chi connectivity index (χ3v) is 4.48. The minimum absolute atomic E-state index is 0.00165. The predicted octanol–water partition coefficient (Wildman–Crippen LogP) is 4.02. The maximum absolute atomic E-state index is 12.6. The topological polar surface area (TPSA) is 103 Å². The van der Waals surface area contributed by atoms with Gasteiger partial charge in [0.25, 0.3) is 5.69 Å². The fourth-order valence-electron chi connectivity index (χ4n) is 3.05. The van der Waals surface area contributed by atoms with Crippen molar-refractivity contribution in [1.82, 2.24) is 14.8 Å². The average molecular weight is 399 g/mol. The molecule has 4 rings (SSSR count). The van der Waals surface area contributed by atoms with Crippen LogP contribution in [0, 0.1) is 10.1 Å². The van der Waals surface area contributed by atoms with Gasteiger partial charge in [-0.1, -0.05) is 18.2 Å². The predicted molar refractivity (Wildman–Crippen MR) is 112 cm³/mol. The number of non-ortho nitro benzene ring substituents is 1. The number of hydrogen-bond acceptors (Lipinski definition) is 5. The van der Waals surface area contributed by atoms with Crippen LogP contribution in [0.4, 0.5) is 11.4 Å². The third-order valence-electron chi connectivity index (χ3n) is 4.48. The highest BCUT2D eigenvalue weighted by Gasteiger charge is 2.17. The van der Waals surface area contributed by atoms with Gasteiger partial charge in [-0.3, -0.25) is 19.9 Å². The molecule has 2 aromatic heterocycles. The second kappa shape index (κ2) is 8.36. The van der Waals surface area contributed by atoms with Crippen LogP contribution >= 0.6 is 0 Å². The molecule has 0 spiro atoms. The van der Waals surface area contributed by atoms with Crippen LogP contribution in [0.2, 0.25) is 0 Å². The Morgan fingerprint density at radius 1 is 1.00 bits per heavy atom. The number of nitrogens with one attached hydrogen (secondary N) is 1. The van der Waals surface area contributed by atoms with Crippen molar-refractivity contribution in [2.45, 2.75) is 6.42 Å². The van der Waals surface area contributed by atoms with E-state index in [4.69, 9.17) is 0 Å². The van der Waals surface area contributed by atoms with Crippen LogP contribution in [0.1, 0.15) is 5.56 Å². The van der Waals surface area contributed by atoms with Crippen LogP contribution < -0.4 is 5.32 Å². The van der Waals surface area contributed by atoms with Crippen LogP contribution in [-0.2, 0) is 11.2 Å². The largest absolute Gasteiger partial charge is 0.326 e. The molecule has 0 aliphatic carbocycles. The Bertz CT molecular complexity index is 1170. The number of anilines is 1. The van der Waals surface area contributed by atoms with Gasteiger partial charge in [0.15, 0.2) is 0 Å². The summed E-state index contributed by atoms with van der Waals surface area (Å²) in [7, 11) is 0. The molecule has 1 amide bonds. The van der Waals surface area contributed by atoms with Gasteiger partial charge in [0.05, 0.1) is 22.7 Å². The average Bonchev–Trinajstić information content (AvgIpc) is 3.18. The molecule has 0 bridgehead atoms. The second-order valence-electron chi connectivity index (χ2n) is 6.55. The third kappa shape index (κ3) is 4.22. The summed E-state index contributed by atoms with van der Waals surface area (Å²) >= 11 is 0. The Kier molecular flexibility index (Phi) is 5.29. The highest BCUT2D eigenvalue weighted by molar-refractivity contribution is 5.93. The summed E-state index contributed by atoms with van der Waals surface area (Å²) in [5, 5.41) is 18.4. The molecule has 0 atom stereocenters. The minimum atomic E-state index is -0.449. The highest BCUT2D eigenvalue weighted by atomic mass is 16.6. The first kappa shape index (κ1) is 19.0. The summed E-state index contributed by atoms with van der Waals surface area (Å²) in [4.78, 5) is 27.0. The molecule has 0 radical (unpaired) electrons. The van der Waals surface area contributed by atoms with Gasteiger partial charge in [0, 0.05) is 47.5 Å². The number of carbonyl (C=O) groups is 1. The van der Waals surface area contributed by atoms with Gasteiger partial charge < -0.3 is 5.32 Å². The van der Waals surface area contributed by atoms with Crippen LogP contribution in [0.15, 0.2) is 85.3 Å². The first-order chi connectivity index (χ1) is 14.6. The van der Waals surface area contributed by atoms with Crippen LogP contribution in [0.25, 0.3) is 16.9 Å². The maximum atomic E-state index is 12.6. The van der Waals surface area contributed by atoms with Crippen LogP contribution in [0.3, 0.4) is 0 Å². The Hall–Kier alpha value is -4.33. The lowest BCUT2D eigenvalue weighted by Gasteiger charge is -2.05. The molecule has 0 aliphatic rings. The Balaban J connectivity index is 1.67. The van der Waals surface area contributed by atoms with Gasteiger partial charge in [-0.15, -0.1) is 0 Å². The molecule has 0 saturated carbocycles. The number of amides is 1. The van der Waals surface area contributed by atoms with Gasteiger partial charge in [-0.05, 0) is 36.4 Å². The van der Waals surface area contributed by atoms with Crippen molar-refractivity contribution in [2.24, 2.45) is 0 Å². The Morgan fingerprint density at radius 3 is 2.37 bits per heavy atom. The summed E-state index contributed by atoms with van der Waals surface area (Å²) < 4.78 is 1.70. The van der Waals surface area contributed by atoms with E-state index in [9.17, 15) is 14.9 Å². The van der Waals surface area contributed by atoms with Crippen molar-refractivity contribution >= 4 is 17.3 Å². The number of para-hydroxylation sites is 1. The SMILES string of the molecule is O=C(Cc1cn(-c2ccccc2)nc1-c1ccc([N+](=O)[O-])cc1)Nc1ccncc1. The molecule has 0 unspecified atom stereocenters. The number of aromatic nitrogens is 3. The molecular weight excluding hydrogens is 382 g/mol. The van der Waals surface area contributed by atoms with Gasteiger partial charge in [-0.25, -0.2) is 4.68 Å². The number of hydrogen-bond donors (Lipinski definition) is 1. The molecule has 8 nitrogen and oxygen atoms in total. The summed E-state index contributed by atoms with van der Waals surface area (Å²) in [5.41, 5.74) is 3.50. The molecule has 4 aromatic rings. The first-order valence-corrected chi connectivity index (χ1v) is 9.19. The van der Waals surface area contributed by atoms with E-state index in [2.05, 4.69) is 15.4 Å². The molecule has 0 saturated heterocycles. The smallest absolute Gasteiger partial charge is 0.269 e. The quantitative estimate of drug-likeness (QED) is 0.390. The highest BCUT2D eigenvalue weighted by Crippen LogP contribution is 2.26. The standard InChI is InChI=1S/C22H17N5O3/c28-21(24-18-10-12-23-13-11-18)14-17-15-26(19-4-2-1-3-5-19)25-22(17)16-6-8-20(9-7-16)27(29)30/h1-13,15H,14H2,(H,23,24,28). The summed E-state index contributed by atoms with van der Waals surface area (Å²) in [5.74, 6) is -0.197. The van der Waals surface area contributed by atoms with E-state index in [1.165, 1.54) is 12.1 Å². The number of pyridine rings is 1. The maximum Gasteiger partial charge on any atom is 0.269 e. The first-order valence-electron chi connectivity index (χ1n) is 9.19. The minimum Gasteiger partial charge on any atom is -0.326 e. The molecule has 0 aliphatic heterocycles. The molecule has 148 valence electrons. The lowest BCUT2D eigenvalue weighted by Crippen LogP contribution is -2.14. The van der Waals surface area contributed by atoms with Crippen molar-refractivity contribution in [3.05, 3.63) is 101 Å². The van der Waals surface area contributed by atoms with Crippen LogP contribution in [0.5, 0.6) is 0 Å². The van der Waals surface area contributed by atoms with Gasteiger partial charge in [0.2, 0.25) is 5.91 Å². The summed E-state index contributed by atoms with van der Waals surface area (Å²) in [6, 6.07) is 19.1. The van der Waals surface area contributed by atoms with E-state index in [0.29, 0.717) is 22.5 Å². The summed E-state index contributed by atoms with van der Waals surface area (Å²) in [6.45, 7) is 0. The van der Waals surface area contributed by atoms with Crippen LogP contribution in [-0.4, -0.2) is 25.6 Å². The van der Waals surface area contributed by atoms with Crippen molar-refractivity contribution in [1.29, 1.82) is 0 Å². The number of rotatable bonds is 6. The van der Waals surface area contributed by atoms with Crippen molar-refractivity contribution in [2.75, 3.05) is 5.32 Å². The summed E-state index contributed by atoms with van der Waals surface area (Å²) in [6.07, 6.45) is 5.11. The molecule has 1 N–H and O–H groups in total. The van der Waals surface area contributed by atoms with E-state index in [1.54, 1.807) is 47.5 Å². The zero-order valence-corrected chi connectivity index (χ0v) is 15.8. The fourth-order valence-corrected chi connectivity index (χ4v) is 3.05. The number of carbonyl (C=O) groups excluding carboxylic acids is 1. The molecular formula is C22H17N5O3. The molecule has 2 heterocycles. The number of benzene rings is 2. The van der Waals surface area contributed by atoms with Crippen molar-refractivity contribution < 1.29 is 9.72 Å². The van der Waals surface area contributed by atoms with E-state index in [0.717, 1.165) is 5.69 Å². The Labute approximate surface area is 172 Å². The van der Waals surface area contributed by atoms with Gasteiger partial charge in [0.1, 0.15) is 0 Å². The number of nitro benzene ring substituents is 1. The normalized spacial score (nSPS) is 10.5. The molecule has 30 heavy (non-hydrogen) atoms. The number of nitro groups is 1.